The molecule has 2 aromatic carbocycles. The molecule has 0 spiro atoms. The summed E-state index contributed by atoms with van der Waals surface area (Å²) >= 11 is 0. The van der Waals surface area contributed by atoms with Gasteiger partial charge in [0.15, 0.2) is 0 Å². The van der Waals surface area contributed by atoms with Crippen LogP contribution in [0.3, 0.4) is 0 Å². The zero-order chi connectivity index (χ0) is 24.0. The second-order valence-corrected chi connectivity index (χ2v) is 8.16. The number of anilines is 1. The first-order valence-corrected chi connectivity index (χ1v) is 10.9. The molecule has 1 aliphatic rings. The van der Waals surface area contributed by atoms with Crippen molar-refractivity contribution in [2.75, 3.05) is 11.5 Å². The molecule has 0 saturated carbocycles. The van der Waals surface area contributed by atoms with Crippen LogP contribution in [0, 0.1) is 13.8 Å². The topological polar surface area (TPSA) is 109 Å². The standard InChI is InChI=1S/C26H23N3O5/c1-4-33-17-7-5-6-16(13-17)23(30)21-22(20-11-9-15(3)34-20)29(25(32)24(21)31)26-27-18-10-8-14(2)12-19(18)28-26/h5-13,22,30H,4H2,1-3H3,(H,27,28)/b23-21+. The number of aliphatic hydroxyl groups is 1. The number of hydrogen-bond donors (Lipinski definition) is 2. The average Bonchev–Trinajstić information content (AvgIpc) is 3.49. The maximum atomic E-state index is 13.3. The Morgan fingerprint density at radius 2 is 1.97 bits per heavy atom. The smallest absolute Gasteiger partial charge is 0.302 e. The third-order valence-electron chi connectivity index (χ3n) is 5.75. The highest BCUT2D eigenvalue weighted by Crippen LogP contribution is 2.42. The van der Waals surface area contributed by atoms with E-state index in [-0.39, 0.29) is 17.3 Å². The largest absolute Gasteiger partial charge is 0.507 e. The van der Waals surface area contributed by atoms with Crippen LogP contribution >= 0.6 is 0 Å². The quantitative estimate of drug-likeness (QED) is 0.253. The Kier molecular flexibility index (Phi) is 5.20. The van der Waals surface area contributed by atoms with Gasteiger partial charge in [0.25, 0.3) is 5.78 Å². The number of amides is 1. The first-order valence-electron chi connectivity index (χ1n) is 10.9. The number of ketones is 1. The van der Waals surface area contributed by atoms with Crippen molar-refractivity contribution < 1.29 is 23.8 Å². The summed E-state index contributed by atoms with van der Waals surface area (Å²) in [5, 5.41) is 11.2. The molecule has 1 atom stereocenters. The lowest BCUT2D eigenvalue weighted by Crippen LogP contribution is -2.30. The number of hydrogen-bond acceptors (Lipinski definition) is 6. The SMILES string of the molecule is CCOc1cccc(/C(O)=C2\C(=O)C(=O)N(c3nc4ccc(C)cc4[nH]3)C2c2ccc(C)o2)c1. The number of rotatable bonds is 5. The van der Waals surface area contributed by atoms with E-state index in [4.69, 9.17) is 9.15 Å². The number of ether oxygens (including phenoxy) is 1. The Hall–Kier alpha value is -4.33. The van der Waals surface area contributed by atoms with Crippen molar-refractivity contribution in [3.8, 4) is 5.75 Å². The number of aryl methyl sites for hydroxylation is 2. The molecule has 1 fully saturated rings. The van der Waals surface area contributed by atoms with Crippen molar-refractivity contribution in [1.82, 2.24) is 9.97 Å². The lowest BCUT2D eigenvalue weighted by atomic mass is 9.99. The lowest BCUT2D eigenvalue weighted by Gasteiger charge is -2.20. The summed E-state index contributed by atoms with van der Waals surface area (Å²) in [4.78, 5) is 35.4. The number of benzene rings is 2. The van der Waals surface area contributed by atoms with E-state index in [0.29, 0.717) is 35.0 Å². The Balaban J connectivity index is 1.70. The maximum Gasteiger partial charge on any atom is 0.302 e. The van der Waals surface area contributed by atoms with Gasteiger partial charge in [0, 0.05) is 5.56 Å². The number of nitrogens with zero attached hydrogens (tertiary/aromatic N) is 2. The van der Waals surface area contributed by atoms with E-state index < -0.39 is 17.7 Å². The van der Waals surface area contributed by atoms with E-state index in [2.05, 4.69) is 9.97 Å². The summed E-state index contributed by atoms with van der Waals surface area (Å²) in [6.45, 7) is 6.03. The molecule has 5 rings (SSSR count). The van der Waals surface area contributed by atoms with E-state index in [1.54, 1.807) is 43.3 Å². The van der Waals surface area contributed by atoms with E-state index in [1.165, 1.54) is 4.90 Å². The van der Waals surface area contributed by atoms with E-state index in [1.807, 2.05) is 32.0 Å². The fourth-order valence-corrected chi connectivity index (χ4v) is 4.20. The predicted octanol–water partition coefficient (Wildman–Crippen LogP) is 4.80. The van der Waals surface area contributed by atoms with Gasteiger partial charge < -0.3 is 19.2 Å². The number of nitrogens with one attached hydrogen (secondary N) is 1. The Bertz CT molecular complexity index is 1460. The highest BCUT2D eigenvalue weighted by atomic mass is 16.5. The first kappa shape index (κ1) is 21.5. The fourth-order valence-electron chi connectivity index (χ4n) is 4.20. The molecule has 2 aromatic heterocycles. The minimum Gasteiger partial charge on any atom is -0.507 e. The van der Waals surface area contributed by atoms with E-state index >= 15 is 0 Å². The lowest BCUT2D eigenvalue weighted by molar-refractivity contribution is -0.132. The molecule has 1 unspecified atom stereocenters. The predicted molar refractivity (Wildman–Crippen MR) is 127 cm³/mol. The van der Waals surface area contributed by atoms with Crippen LogP contribution in [-0.4, -0.2) is 33.4 Å². The molecule has 0 aliphatic carbocycles. The summed E-state index contributed by atoms with van der Waals surface area (Å²) in [6.07, 6.45) is 0. The number of furan rings is 1. The molecular weight excluding hydrogens is 434 g/mol. The molecule has 8 nitrogen and oxygen atoms in total. The Morgan fingerprint density at radius 3 is 2.71 bits per heavy atom. The van der Waals surface area contributed by atoms with Gasteiger partial charge in [-0.2, -0.15) is 0 Å². The third kappa shape index (κ3) is 3.53. The van der Waals surface area contributed by atoms with Crippen LogP contribution in [0.4, 0.5) is 5.95 Å². The van der Waals surface area contributed by atoms with Crippen LogP contribution in [0.25, 0.3) is 16.8 Å². The molecule has 172 valence electrons. The van der Waals surface area contributed by atoms with Crippen molar-refractivity contribution in [1.29, 1.82) is 0 Å². The van der Waals surface area contributed by atoms with Gasteiger partial charge in [-0.15, -0.1) is 0 Å². The van der Waals surface area contributed by atoms with Gasteiger partial charge in [0.05, 0.1) is 23.2 Å². The second kappa shape index (κ2) is 8.22. The molecule has 0 bridgehead atoms. The third-order valence-corrected chi connectivity index (χ3v) is 5.75. The number of aliphatic hydroxyl groups excluding tert-OH is 1. The molecule has 1 aliphatic heterocycles. The number of aromatic amines is 1. The molecular formula is C26H23N3O5. The Morgan fingerprint density at radius 1 is 1.15 bits per heavy atom. The highest BCUT2D eigenvalue weighted by Gasteiger charge is 2.49. The molecule has 2 N–H and O–H groups in total. The number of H-pyrrole nitrogens is 1. The fraction of sp³-hybridized carbons (Fsp3) is 0.192. The van der Waals surface area contributed by atoms with Crippen LogP contribution in [0.2, 0.25) is 0 Å². The van der Waals surface area contributed by atoms with Gasteiger partial charge in [-0.05, 0) is 62.7 Å². The second-order valence-electron chi connectivity index (χ2n) is 8.16. The van der Waals surface area contributed by atoms with Gasteiger partial charge in [-0.3, -0.25) is 14.5 Å². The van der Waals surface area contributed by atoms with Gasteiger partial charge in [-0.25, -0.2) is 4.98 Å². The summed E-state index contributed by atoms with van der Waals surface area (Å²) in [5.74, 6) is -0.251. The molecule has 0 radical (unpaired) electrons. The molecule has 34 heavy (non-hydrogen) atoms. The van der Waals surface area contributed by atoms with Gasteiger partial charge in [0.1, 0.15) is 29.1 Å². The zero-order valence-corrected chi connectivity index (χ0v) is 19.0. The normalized spacial score (nSPS) is 17.6. The summed E-state index contributed by atoms with van der Waals surface area (Å²) in [7, 11) is 0. The van der Waals surface area contributed by atoms with Crippen LogP contribution in [0.5, 0.6) is 5.75 Å². The number of carbonyl (C=O) groups excluding carboxylic acids is 2. The minimum absolute atomic E-state index is 0.0790. The number of carbonyl (C=O) groups is 2. The van der Waals surface area contributed by atoms with Gasteiger partial charge >= 0.3 is 5.91 Å². The van der Waals surface area contributed by atoms with Crippen molar-refractivity contribution in [3.63, 3.8) is 0 Å². The number of imidazole rings is 1. The highest BCUT2D eigenvalue weighted by molar-refractivity contribution is 6.51. The molecule has 3 heterocycles. The molecule has 8 heteroatoms. The van der Waals surface area contributed by atoms with Crippen molar-refractivity contribution in [2.45, 2.75) is 26.8 Å². The molecule has 4 aromatic rings. The first-order chi connectivity index (χ1) is 16.4. The van der Waals surface area contributed by atoms with Crippen LogP contribution in [0.1, 0.15) is 35.6 Å². The van der Waals surface area contributed by atoms with E-state index in [0.717, 1.165) is 11.1 Å². The van der Waals surface area contributed by atoms with Gasteiger partial charge in [0.2, 0.25) is 5.95 Å². The summed E-state index contributed by atoms with van der Waals surface area (Å²) in [6, 6.07) is 14.8. The van der Waals surface area contributed by atoms with E-state index in [9.17, 15) is 14.7 Å². The van der Waals surface area contributed by atoms with Crippen LogP contribution < -0.4 is 9.64 Å². The molecule has 1 saturated heterocycles. The number of fused-ring (bicyclic) bond motifs is 1. The van der Waals surface area contributed by atoms with Crippen molar-refractivity contribution in [3.05, 3.63) is 82.8 Å². The van der Waals surface area contributed by atoms with Crippen LogP contribution in [0.15, 0.2) is 64.6 Å². The summed E-state index contributed by atoms with van der Waals surface area (Å²) < 4.78 is 11.4. The van der Waals surface area contributed by atoms with Crippen molar-refractivity contribution >= 4 is 34.4 Å². The minimum atomic E-state index is -0.994. The maximum absolute atomic E-state index is 13.3. The number of aromatic nitrogens is 2. The average molecular weight is 457 g/mol. The van der Waals surface area contributed by atoms with Crippen LogP contribution in [-0.2, 0) is 9.59 Å². The van der Waals surface area contributed by atoms with Gasteiger partial charge in [-0.1, -0.05) is 18.2 Å². The summed E-state index contributed by atoms with van der Waals surface area (Å²) in [5.41, 5.74) is 2.69. The number of Topliss-reactive ketones (excluding diaryl/α,β-unsaturated/α-hetero) is 1. The Labute approximate surface area is 195 Å². The van der Waals surface area contributed by atoms with Crippen molar-refractivity contribution in [2.24, 2.45) is 0 Å². The zero-order valence-electron chi connectivity index (χ0n) is 19.0. The monoisotopic (exact) mass is 457 g/mol. The molecule has 1 amide bonds.